The van der Waals surface area contributed by atoms with Crippen LogP contribution in [0, 0.1) is 3.91 Å². The van der Waals surface area contributed by atoms with Crippen molar-refractivity contribution < 1.29 is 64.8 Å². The van der Waals surface area contributed by atoms with Gasteiger partial charge in [0.25, 0.3) is 0 Å². The minimum absolute atomic E-state index is 0.168. The summed E-state index contributed by atoms with van der Waals surface area (Å²) >= 11 is 1.81. The maximum atomic E-state index is 12.0. The summed E-state index contributed by atoms with van der Waals surface area (Å²) in [5, 5.41) is 0. The molecular weight excluding hydrogens is 908 g/mol. The molecule has 0 spiro atoms. The molecule has 0 aliphatic heterocycles. The Hall–Kier alpha value is -4.76. The summed E-state index contributed by atoms with van der Waals surface area (Å²) in [6, 6.07) is 59.0. The molecule has 6 aromatic carbocycles. The standard InChI is InChI=1S/C36H27S2.C4F9O6S3/c1-4-10-28(11-5-1)30-16-20-32(21-17-30)37-33-22-26-36(27-23-33)38(34-14-8-3-9-15-34)35-24-18-31(19-25-35)29-12-6-2-7-13-29;5-2(6,7)20(14,15)1(21(16,17)3(8,9)10)22(18,19)4(11,12)13/h1-27H;/q+1;-1. The number of benzene rings is 6. The van der Waals surface area contributed by atoms with Gasteiger partial charge in [0.2, 0.25) is 0 Å². The van der Waals surface area contributed by atoms with Gasteiger partial charge in [-0.1, -0.05) is 103 Å². The van der Waals surface area contributed by atoms with Crippen molar-refractivity contribution in [3.05, 3.63) is 168 Å². The summed E-state index contributed by atoms with van der Waals surface area (Å²) in [4.78, 5) is 6.48. The third kappa shape index (κ3) is 10.4. The van der Waals surface area contributed by atoms with Crippen molar-refractivity contribution in [2.24, 2.45) is 0 Å². The number of alkyl halides is 9. The smallest absolute Gasteiger partial charge is 0.251 e. The Labute approximate surface area is 346 Å². The molecule has 0 aromatic heterocycles. The first kappa shape index (κ1) is 46.3. The first-order valence-corrected chi connectivity index (χ1v) is 23.1. The number of hydrogen-bond acceptors (Lipinski definition) is 7. The van der Waals surface area contributed by atoms with Gasteiger partial charge in [0.15, 0.2) is 44.2 Å². The largest absolute Gasteiger partial charge is 0.470 e. The topological polar surface area (TPSA) is 102 Å². The zero-order valence-electron chi connectivity index (χ0n) is 30.0. The lowest BCUT2D eigenvalue weighted by Gasteiger charge is -2.31. The molecule has 60 heavy (non-hydrogen) atoms. The average molecular weight is 935 g/mol. The van der Waals surface area contributed by atoms with Crippen LogP contribution in [0.15, 0.2) is 188 Å². The van der Waals surface area contributed by atoms with Gasteiger partial charge >= 0.3 is 16.5 Å². The van der Waals surface area contributed by atoms with Crippen LogP contribution in [0.1, 0.15) is 0 Å². The number of hydrogen-bond donors (Lipinski definition) is 0. The van der Waals surface area contributed by atoms with Gasteiger partial charge in [-0.15, -0.1) is 0 Å². The molecule has 0 fully saturated rings. The highest BCUT2D eigenvalue weighted by molar-refractivity contribution is 8.29. The van der Waals surface area contributed by atoms with E-state index in [9.17, 15) is 64.8 Å². The molecule has 0 saturated heterocycles. The normalized spacial score (nSPS) is 13.3. The number of halogens is 9. The van der Waals surface area contributed by atoms with Gasteiger partial charge in [0, 0.05) is 9.79 Å². The van der Waals surface area contributed by atoms with Gasteiger partial charge in [-0.2, -0.15) is 39.5 Å². The van der Waals surface area contributed by atoms with E-state index in [-0.39, 0.29) is 10.9 Å². The highest BCUT2D eigenvalue weighted by Crippen LogP contribution is 2.48. The predicted molar refractivity (Wildman–Crippen MR) is 211 cm³/mol. The zero-order chi connectivity index (χ0) is 44.1. The Kier molecular flexibility index (Phi) is 13.9. The second-order valence-corrected chi connectivity index (χ2v) is 21.7. The van der Waals surface area contributed by atoms with Crippen LogP contribution >= 0.6 is 11.8 Å². The fourth-order valence-electron chi connectivity index (χ4n) is 5.22. The van der Waals surface area contributed by atoms with E-state index >= 15 is 0 Å². The summed E-state index contributed by atoms with van der Waals surface area (Å²) < 4.78 is 167. The van der Waals surface area contributed by atoms with Crippen LogP contribution in [0.3, 0.4) is 0 Å². The van der Waals surface area contributed by atoms with E-state index in [1.807, 2.05) is 0 Å². The molecule has 6 nitrogen and oxygen atoms in total. The highest BCUT2D eigenvalue weighted by Gasteiger charge is 2.63. The van der Waals surface area contributed by atoms with Crippen molar-refractivity contribution in [2.45, 2.75) is 41.0 Å². The molecule has 0 bridgehead atoms. The van der Waals surface area contributed by atoms with Crippen molar-refractivity contribution in [1.82, 2.24) is 0 Å². The third-order valence-electron chi connectivity index (χ3n) is 8.01. The minimum atomic E-state index is -8.02. The van der Waals surface area contributed by atoms with Crippen LogP contribution in [0.2, 0.25) is 0 Å². The fourth-order valence-corrected chi connectivity index (χ4v) is 13.8. The Morgan fingerprint density at radius 3 is 0.933 bits per heavy atom. The van der Waals surface area contributed by atoms with Crippen molar-refractivity contribution >= 4 is 52.2 Å². The Morgan fingerprint density at radius 1 is 0.350 bits per heavy atom. The minimum Gasteiger partial charge on any atom is -0.251 e. The molecule has 316 valence electrons. The van der Waals surface area contributed by atoms with E-state index in [2.05, 4.69) is 164 Å². The van der Waals surface area contributed by atoms with E-state index < -0.39 is 50.0 Å². The highest BCUT2D eigenvalue weighted by atomic mass is 32.3. The molecule has 0 aliphatic rings. The van der Waals surface area contributed by atoms with Gasteiger partial charge in [-0.3, -0.25) is 25.3 Å². The second-order valence-electron chi connectivity index (χ2n) is 12.1. The third-order valence-corrected chi connectivity index (χ3v) is 18.3. The molecule has 20 heteroatoms. The van der Waals surface area contributed by atoms with Crippen LogP contribution < -0.4 is 0 Å². The first-order valence-electron chi connectivity index (χ1n) is 16.6. The van der Waals surface area contributed by atoms with Crippen LogP contribution in [-0.2, 0) is 40.4 Å². The molecule has 6 aromatic rings. The number of sulfone groups is 3. The molecule has 1 atom stereocenters. The molecule has 1 unspecified atom stereocenters. The molecule has 0 aliphatic carbocycles. The van der Waals surface area contributed by atoms with Gasteiger partial charge in [-0.05, 0) is 95.1 Å². The molecule has 0 amide bonds. The van der Waals surface area contributed by atoms with Gasteiger partial charge in [0.1, 0.15) is 0 Å². The SMILES string of the molecule is O=S(=O)([C-](S(=O)(=O)C(F)(F)F)S(=O)(=O)C(F)(F)F)C(F)(F)F.c1ccc(-c2ccc(Sc3ccc([S+](c4ccccc4)c4ccc(-c5ccccc5)cc4)cc3)cc2)cc1. The summed E-state index contributed by atoms with van der Waals surface area (Å²) in [5.74, 6) is 0. The maximum absolute atomic E-state index is 12.0. The van der Waals surface area contributed by atoms with Crippen LogP contribution in [0.4, 0.5) is 39.5 Å². The summed E-state index contributed by atoms with van der Waals surface area (Å²) in [6.45, 7) is 0. The summed E-state index contributed by atoms with van der Waals surface area (Å²) in [7, 11) is -24.2. The van der Waals surface area contributed by atoms with Crippen LogP contribution in [0.25, 0.3) is 22.3 Å². The Morgan fingerprint density at radius 2 is 0.600 bits per heavy atom. The quantitative estimate of drug-likeness (QED) is 0.0766. The second kappa shape index (κ2) is 18.1. The molecule has 6 rings (SSSR count). The average Bonchev–Trinajstić information content (AvgIpc) is 3.19. The maximum Gasteiger partial charge on any atom is 0.470 e. The molecular formula is C40H27F9O6S5. The molecule has 0 N–H and O–H groups in total. The van der Waals surface area contributed by atoms with Crippen LogP contribution in [-0.4, -0.2) is 41.8 Å². The van der Waals surface area contributed by atoms with Gasteiger partial charge in [0.05, 0.1) is 14.8 Å². The van der Waals surface area contributed by atoms with Crippen molar-refractivity contribution in [3.8, 4) is 22.3 Å². The van der Waals surface area contributed by atoms with Crippen molar-refractivity contribution in [2.75, 3.05) is 0 Å². The van der Waals surface area contributed by atoms with E-state index in [1.165, 1.54) is 46.7 Å². The Balaban J connectivity index is 0.000000267. The van der Waals surface area contributed by atoms with Gasteiger partial charge < -0.3 is 0 Å². The molecule has 0 radical (unpaired) electrons. The molecule has 0 heterocycles. The number of rotatable bonds is 10. The van der Waals surface area contributed by atoms with Crippen molar-refractivity contribution in [1.29, 1.82) is 0 Å². The van der Waals surface area contributed by atoms with E-state index in [4.69, 9.17) is 0 Å². The lowest BCUT2D eigenvalue weighted by molar-refractivity contribution is -0.0471. The van der Waals surface area contributed by atoms with E-state index in [0.29, 0.717) is 0 Å². The van der Waals surface area contributed by atoms with Crippen molar-refractivity contribution in [3.63, 3.8) is 0 Å². The van der Waals surface area contributed by atoms with E-state index in [1.54, 1.807) is 11.8 Å². The lowest BCUT2D eigenvalue weighted by Crippen LogP contribution is -2.47. The molecule has 0 saturated carbocycles. The fraction of sp³-hybridized carbons (Fsp3) is 0.0750. The predicted octanol–water partition coefficient (Wildman–Crippen LogP) is 11.5. The van der Waals surface area contributed by atoms with Gasteiger partial charge in [-0.25, -0.2) is 0 Å². The first-order chi connectivity index (χ1) is 27.9. The summed E-state index contributed by atoms with van der Waals surface area (Å²) in [6.07, 6.45) is 0. The summed E-state index contributed by atoms with van der Waals surface area (Å²) in [5.41, 5.74) is -16.2. The monoisotopic (exact) mass is 934 g/mol. The Bertz CT molecular complexity index is 2590. The lowest BCUT2D eigenvalue weighted by atomic mass is 10.1. The zero-order valence-corrected chi connectivity index (χ0v) is 34.1. The van der Waals surface area contributed by atoms with E-state index in [0.717, 1.165) is 0 Å². The van der Waals surface area contributed by atoms with Crippen LogP contribution in [0.5, 0.6) is 0 Å².